The van der Waals surface area contributed by atoms with Crippen LogP contribution in [0.3, 0.4) is 0 Å². The van der Waals surface area contributed by atoms with Crippen molar-refractivity contribution in [2.24, 2.45) is 5.92 Å². The van der Waals surface area contributed by atoms with Crippen molar-refractivity contribution in [1.82, 2.24) is 5.32 Å². The molecule has 3 aromatic carbocycles. The summed E-state index contributed by atoms with van der Waals surface area (Å²) in [6.45, 7) is 0.169. The largest absolute Gasteiger partial charge is 0.345 e. The highest BCUT2D eigenvalue weighted by Crippen LogP contribution is 2.29. The number of hydrogen-bond donors (Lipinski definition) is 1. The van der Waals surface area contributed by atoms with Gasteiger partial charge in [0.05, 0.1) is 17.6 Å². The van der Waals surface area contributed by atoms with Crippen LogP contribution >= 0.6 is 0 Å². The third kappa shape index (κ3) is 4.04. The summed E-state index contributed by atoms with van der Waals surface area (Å²) < 4.78 is 14.1. The first-order valence-electron chi connectivity index (χ1n) is 9.58. The van der Waals surface area contributed by atoms with Crippen LogP contribution in [0.5, 0.6) is 0 Å². The second-order valence-electron chi connectivity index (χ2n) is 7.12. The molecule has 5 heteroatoms. The highest BCUT2D eigenvalue weighted by atomic mass is 19.1. The van der Waals surface area contributed by atoms with Gasteiger partial charge in [0, 0.05) is 13.0 Å². The van der Waals surface area contributed by atoms with E-state index in [0.29, 0.717) is 0 Å². The Labute approximate surface area is 169 Å². The Balaban J connectivity index is 1.54. The number of benzene rings is 3. The van der Waals surface area contributed by atoms with Crippen molar-refractivity contribution in [3.63, 3.8) is 0 Å². The third-order valence-corrected chi connectivity index (χ3v) is 5.19. The summed E-state index contributed by atoms with van der Waals surface area (Å²) in [5.74, 6) is -1.45. The van der Waals surface area contributed by atoms with Crippen molar-refractivity contribution in [3.05, 3.63) is 102 Å². The zero-order valence-electron chi connectivity index (χ0n) is 15.8. The van der Waals surface area contributed by atoms with Gasteiger partial charge in [-0.05, 0) is 23.3 Å². The molecule has 1 heterocycles. The maximum atomic E-state index is 14.1. The lowest BCUT2D eigenvalue weighted by Gasteiger charge is -2.22. The predicted octanol–water partition coefficient (Wildman–Crippen LogP) is 4.08. The van der Waals surface area contributed by atoms with E-state index < -0.39 is 11.7 Å². The first-order chi connectivity index (χ1) is 14.1. The lowest BCUT2D eigenvalue weighted by atomic mass is 9.97. The Morgan fingerprint density at radius 2 is 1.45 bits per heavy atom. The van der Waals surface area contributed by atoms with Crippen LogP contribution in [-0.4, -0.2) is 18.4 Å². The molecule has 146 valence electrons. The summed E-state index contributed by atoms with van der Waals surface area (Å²) in [5.41, 5.74) is 2.14. The summed E-state index contributed by atoms with van der Waals surface area (Å²) in [6, 6.07) is 25.2. The van der Waals surface area contributed by atoms with E-state index in [1.165, 1.54) is 11.0 Å². The molecular formula is C24H21FN2O2. The number of hydrogen-bond acceptors (Lipinski definition) is 2. The number of halogens is 1. The van der Waals surface area contributed by atoms with Crippen molar-refractivity contribution in [3.8, 4) is 0 Å². The number of anilines is 1. The maximum absolute atomic E-state index is 14.1. The first kappa shape index (κ1) is 18.9. The molecule has 2 amide bonds. The van der Waals surface area contributed by atoms with Gasteiger partial charge in [-0.25, -0.2) is 4.39 Å². The molecule has 1 N–H and O–H groups in total. The maximum Gasteiger partial charge on any atom is 0.227 e. The van der Waals surface area contributed by atoms with Crippen molar-refractivity contribution in [1.29, 1.82) is 0 Å². The van der Waals surface area contributed by atoms with E-state index in [9.17, 15) is 14.0 Å². The molecular weight excluding hydrogens is 367 g/mol. The second kappa shape index (κ2) is 8.27. The van der Waals surface area contributed by atoms with Crippen LogP contribution in [-0.2, 0) is 9.59 Å². The van der Waals surface area contributed by atoms with Gasteiger partial charge in [0.25, 0.3) is 0 Å². The number of para-hydroxylation sites is 1. The summed E-state index contributed by atoms with van der Waals surface area (Å²) in [7, 11) is 0. The molecule has 1 aliphatic rings. The average molecular weight is 388 g/mol. The monoisotopic (exact) mass is 388 g/mol. The van der Waals surface area contributed by atoms with Crippen LogP contribution in [0.25, 0.3) is 0 Å². The SMILES string of the molecule is O=C(NC(c1ccccc1)c1ccccc1)C1CC(=O)N(c2ccccc2F)C1. The molecule has 0 radical (unpaired) electrons. The fourth-order valence-corrected chi connectivity index (χ4v) is 3.70. The Morgan fingerprint density at radius 3 is 2.03 bits per heavy atom. The molecule has 0 bridgehead atoms. The number of nitrogens with zero attached hydrogens (tertiary/aromatic N) is 1. The molecule has 1 aliphatic heterocycles. The minimum Gasteiger partial charge on any atom is -0.345 e. The van der Waals surface area contributed by atoms with Gasteiger partial charge in [-0.2, -0.15) is 0 Å². The van der Waals surface area contributed by atoms with E-state index in [4.69, 9.17) is 0 Å². The van der Waals surface area contributed by atoms with E-state index in [-0.39, 0.29) is 36.5 Å². The summed E-state index contributed by atoms with van der Waals surface area (Å²) in [4.78, 5) is 26.8. The van der Waals surface area contributed by atoms with E-state index >= 15 is 0 Å². The Kier molecular flexibility index (Phi) is 5.38. The van der Waals surface area contributed by atoms with Gasteiger partial charge >= 0.3 is 0 Å². The molecule has 4 nitrogen and oxygen atoms in total. The number of carbonyl (C=O) groups excluding carboxylic acids is 2. The molecule has 1 saturated heterocycles. The molecule has 0 aromatic heterocycles. The lowest BCUT2D eigenvalue weighted by Crippen LogP contribution is -2.36. The standard InChI is InChI=1S/C24H21FN2O2/c25-20-13-7-8-14-21(20)27-16-19(15-22(27)28)24(29)26-23(17-9-3-1-4-10-17)18-11-5-2-6-12-18/h1-14,19,23H,15-16H2,(H,26,29). The molecule has 29 heavy (non-hydrogen) atoms. The quantitative estimate of drug-likeness (QED) is 0.716. The van der Waals surface area contributed by atoms with Crippen LogP contribution in [0.1, 0.15) is 23.6 Å². The van der Waals surface area contributed by atoms with Crippen molar-refractivity contribution in [2.45, 2.75) is 12.5 Å². The van der Waals surface area contributed by atoms with Crippen LogP contribution in [0.15, 0.2) is 84.9 Å². The molecule has 3 aromatic rings. The van der Waals surface area contributed by atoms with Crippen LogP contribution in [0, 0.1) is 11.7 Å². The number of nitrogens with one attached hydrogen (secondary N) is 1. The highest BCUT2D eigenvalue weighted by Gasteiger charge is 2.37. The van der Waals surface area contributed by atoms with Crippen LogP contribution < -0.4 is 10.2 Å². The molecule has 4 rings (SSSR count). The van der Waals surface area contributed by atoms with Gasteiger partial charge in [-0.1, -0.05) is 72.8 Å². The molecule has 0 saturated carbocycles. The normalized spacial score (nSPS) is 16.3. The number of rotatable bonds is 5. The zero-order valence-corrected chi connectivity index (χ0v) is 15.8. The third-order valence-electron chi connectivity index (χ3n) is 5.19. The smallest absolute Gasteiger partial charge is 0.227 e. The molecule has 1 fully saturated rings. The Hall–Kier alpha value is -3.47. The zero-order chi connectivity index (χ0) is 20.2. The van der Waals surface area contributed by atoms with Crippen molar-refractivity contribution >= 4 is 17.5 Å². The van der Waals surface area contributed by atoms with E-state index in [1.807, 2.05) is 60.7 Å². The minimum absolute atomic E-state index is 0.0659. The average Bonchev–Trinajstić information content (AvgIpc) is 3.15. The predicted molar refractivity (Wildman–Crippen MR) is 110 cm³/mol. The van der Waals surface area contributed by atoms with E-state index in [1.54, 1.807) is 18.2 Å². The second-order valence-corrected chi connectivity index (χ2v) is 7.12. The number of amides is 2. The van der Waals surface area contributed by atoms with Gasteiger partial charge in [-0.3, -0.25) is 9.59 Å². The molecule has 1 unspecified atom stereocenters. The lowest BCUT2D eigenvalue weighted by molar-refractivity contribution is -0.126. The van der Waals surface area contributed by atoms with Gasteiger partial charge in [-0.15, -0.1) is 0 Å². The molecule has 0 spiro atoms. The molecule has 1 atom stereocenters. The van der Waals surface area contributed by atoms with Gasteiger partial charge in [0.2, 0.25) is 11.8 Å². The van der Waals surface area contributed by atoms with Gasteiger partial charge in [0.1, 0.15) is 5.82 Å². The van der Waals surface area contributed by atoms with E-state index in [2.05, 4.69) is 5.32 Å². The van der Waals surface area contributed by atoms with Crippen molar-refractivity contribution < 1.29 is 14.0 Å². The summed E-state index contributed by atoms with van der Waals surface area (Å²) in [6.07, 6.45) is 0.0659. The highest BCUT2D eigenvalue weighted by molar-refractivity contribution is 6.00. The van der Waals surface area contributed by atoms with Crippen LogP contribution in [0.4, 0.5) is 10.1 Å². The topological polar surface area (TPSA) is 49.4 Å². The van der Waals surface area contributed by atoms with Gasteiger partial charge < -0.3 is 10.2 Å². The minimum atomic E-state index is -0.531. The van der Waals surface area contributed by atoms with E-state index in [0.717, 1.165) is 11.1 Å². The van der Waals surface area contributed by atoms with Crippen molar-refractivity contribution in [2.75, 3.05) is 11.4 Å². The first-order valence-corrected chi connectivity index (χ1v) is 9.58. The fourth-order valence-electron chi connectivity index (χ4n) is 3.70. The van der Waals surface area contributed by atoms with Gasteiger partial charge in [0.15, 0.2) is 0 Å². The summed E-state index contributed by atoms with van der Waals surface area (Å²) >= 11 is 0. The summed E-state index contributed by atoms with van der Waals surface area (Å²) in [5, 5.41) is 3.09. The number of carbonyl (C=O) groups is 2. The van der Waals surface area contributed by atoms with Crippen LogP contribution in [0.2, 0.25) is 0 Å². The Bertz CT molecular complexity index is 968. The molecule has 0 aliphatic carbocycles. The Morgan fingerprint density at radius 1 is 0.897 bits per heavy atom. The fraction of sp³-hybridized carbons (Fsp3) is 0.167.